The SMILES string of the molecule is CCC(=O)Nc1ccc(N2C(=S)N[C@@H](c3ccccn3)[C@H]2c2cc(C)n(-c3ccc(Cl)cc3Cl)c2C)cc1C. The molecule has 2 atom stereocenters. The molecule has 5 rings (SSSR count). The van der Waals surface area contributed by atoms with Crippen LogP contribution in [-0.2, 0) is 4.79 Å². The van der Waals surface area contributed by atoms with Crippen LogP contribution < -0.4 is 15.5 Å². The van der Waals surface area contributed by atoms with Crippen LogP contribution in [0, 0.1) is 20.8 Å². The van der Waals surface area contributed by atoms with Gasteiger partial charge in [-0.2, -0.15) is 0 Å². The maximum Gasteiger partial charge on any atom is 0.224 e. The molecule has 1 saturated heterocycles. The van der Waals surface area contributed by atoms with Gasteiger partial charge in [0, 0.05) is 40.4 Å². The lowest BCUT2D eigenvalue weighted by Crippen LogP contribution is -2.29. The van der Waals surface area contributed by atoms with E-state index in [-0.39, 0.29) is 18.0 Å². The van der Waals surface area contributed by atoms with E-state index in [2.05, 4.69) is 51.1 Å². The van der Waals surface area contributed by atoms with Crippen molar-refractivity contribution in [1.29, 1.82) is 0 Å². The summed E-state index contributed by atoms with van der Waals surface area (Å²) in [6.07, 6.45) is 2.22. The van der Waals surface area contributed by atoms with Gasteiger partial charge >= 0.3 is 0 Å². The number of halogens is 2. The summed E-state index contributed by atoms with van der Waals surface area (Å²) in [5.74, 6) is -0.0226. The van der Waals surface area contributed by atoms with E-state index < -0.39 is 0 Å². The third kappa shape index (κ3) is 5.14. The number of benzene rings is 2. The molecule has 3 heterocycles. The number of anilines is 2. The van der Waals surface area contributed by atoms with E-state index in [1.165, 1.54) is 0 Å². The van der Waals surface area contributed by atoms with Crippen molar-refractivity contribution >= 4 is 57.8 Å². The Bertz CT molecular complexity index is 1570. The first-order valence-corrected chi connectivity index (χ1v) is 13.9. The average Bonchev–Trinajstić information content (AvgIpc) is 3.41. The second-order valence-corrected chi connectivity index (χ2v) is 10.9. The number of aromatic nitrogens is 2. The van der Waals surface area contributed by atoms with E-state index >= 15 is 0 Å². The number of pyridine rings is 1. The van der Waals surface area contributed by atoms with Crippen LogP contribution in [-0.4, -0.2) is 20.6 Å². The number of amides is 1. The monoisotopic (exact) mass is 577 g/mol. The molecule has 6 nitrogen and oxygen atoms in total. The van der Waals surface area contributed by atoms with Gasteiger partial charge < -0.3 is 20.1 Å². The molecule has 0 saturated carbocycles. The van der Waals surface area contributed by atoms with E-state index in [1.807, 2.05) is 56.3 Å². The smallest absolute Gasteiger partial charge is 0.224 e. The first kappa shape index (κ1) is 27.2. The first-order valence-electron chi connectivity index (χ1n) is 12.7. The molecule has 2 N–H and O–H groups in total. The Labute approximate surface area is 244 Å². The molecule has 0 aliphatic carbocycles. The summed E-state index contributed by atoms with van der Waals surface area (Å²) in [4.78, 5) is 18.8. The maximum atomic E-state index is 12.0. The molecule has 2 aromatic heterocycles. The molecule has 0 unspecified atom stereocenters. The van der Waals surface area contributed by atoms with Gasteiger partial charge in [-0.1, -0.05) is 36.2 Å². The highest BCUT2D eigenvalue weighted by Crippen LogP contribution is 2.44. The summed E-state index contributed by atoms with van der Waals surface area (Å²) in [6, 6.07) is 19.2. The van der Waals surface area contributed by atoms with E-state index in [0.717, 1.165) is 45.3 Å². The lowest BCUT2D eigenvalue weighted by atomic mass is 9.96. The fraction of sp³-hybridized carbons (Fsp3) is 0.233. The highest BCUT2D eigenvalue weighted by molar-refractivity contribution is 7.80. The minimum Gasteiger partial charge on any atom is -0.351 e. The fourth-order valence-corrected chi connectivity index (χ4v) is 6.08. The lowest BCUT2D eigenvalue weighted by molar-refractivity contribution is -0.115. The summed E-state index contributed by atoms with van der Waals surface area (Å²) in [5.41, 5.74) is 7.61. The summed E-state index contributed by atoms with van der Waals surface area (Å²) >= 11 is 18.8. The number of thiocarbonyl (C=S) groups is 1. The molecule has 1 aliphatic heterocycles. The van der Waals surface area contributed by atoms with E-state index in [4.69, 9.17) is 35.4 Å². The molecule has 0 bridgehead atoms. The fourth-order valence-electron chi connectivity index (χ4n) is 5.25. The van der Waals surface area contributed by atoms with E-state index in [9.17, 15) is 4.79 Å². The Kier molecular flexibility index (Phi) is 7.67. The van der Waals surface area contributed by atoms with Gasteiger partial charge in [-0.25, -0.2) is 0 Å². The molecule has 1 aliphatic rings. The van der Waals surface area contributed by atoms with Crippen molar-refractivity contribution in [2.75, 3.05) is 10.2 Å². The third-order valence-electron chi connectivity index (χ3n) is 7.12. The number of hydrogen-bond acceptors (Lipinski definition) is 3. The van der Waals surface area contributed by atoms with Crippen molar-refractivity contribution in [3.8, 4) is 5.69 Å². The highest BCUT2D eigenvalue weighted by Gasteiger charge is 2.42. The molecular weight excluding hydrogens is 549 g/mol. The van der Waals surface area contributed by atoms with Crippen molar-refractivity contribution in [2.24, 2.45) is 0 Å². The predicted octanol–water partition coefficient (Wildman–Crippen LogP) is 7.63. The van der Waals surface area contributed by atoms with Gasteiger partial charge in [0.2, 0.25) is 5.91 Å². The quantitative estimate of drug-likeness (QED) is 0.231. The van der Waals surface area contributed by atoms with E-state index in [1.54, 1.807) is 12.3 Å². The zero-order valence-corrected chi connectivity index (χ0v) is 24.5. The number of rotatable bonds is 6. The number of carbonyl (C=O) groups excluding carboxylic acids is 1. The number of nitrogens with one attached hydrogen (secondary N) is 2. The number of nitrogens with zero attached hydrogens (tertiary/aromatic N) is 3. The van der Waals surface area contributed by atoms with Crippen molar-refractivity contribution in [1.82, 2.24) is 14.9 Å². The summed E-state index contributed by atoms with van der Waals surface area (Å²) in [5, 5.41) is 8.28. The molecule has 9 heteroatoms. The summed E-state index contributed by atoms with van der Waals surface area (Å²) in [7, 11) is 0. The van der Waals surface area contributed by atoms with Gasteiger partial charge in [-0.05, 0) is 98.7 Å². The van der Waals surface area contributed by atoms with Crippen LogP contribution in [0.2, 0.25) is 10.0 Å². The number of carbonyl (C=O) groups is 1. The second kappa shape index (κ2) is 11.0. The molecule has 200 valence electrons. The number of aryl methyl sites for hydroxylation is 2. The summed E-state index contributed by atoms with van der Waals surface area (Å²) < 4.78 is 2.15. The Morgan fingerprint density at radius 2 is 1.87 bits per heavy atom. The van der Waals surface area contributed by atoms with Crippen molar-refractivity contribution < 1.29 is 4.79 Å². The third-order valence-corrected chi connectivity index (χ3v) is 7.97. The van der Waals surface area contributed by atoms with Gasteiger partial charge in [0.1, 0.15) is 0 Å². The maximum absolute atomic E-state index is 12.0. The van der Waals surface area contributed by atoms with Gasteiger partial charge in [0.25, 0.3) is 0 Å². The van der Waals surface area contributed by atoms with Crippen LogP contribution in [0.5, 0.6) is 0 Å². The van der Waals surface area contributed by atoms with Crippen LogP contribution in [0.25, 0.3) is 5.69 Å². The Balaban J connectivity index is 1.64. The molecule has 1 fully saturated rings. The molecule has 0 spiro atoms. The average molecular weight is 579 g/mol. The topological polar surface area (TPSA) is 62.2 Å². The minimum absolute atomic E-state index is 0.0226. The molecule has 0 radical (unpaired) electrons. The zero-order valence-electron chi connectivity index (χ0n) is 22.1. The van der Waals surface area contributed by atoms with Crippen molar-refractivity contribution in [3.05, 3.63) is 105 Å². The van der Waals surface area contributed by atoms with Crippen LogP contribution >= 0.6 is 35.4 Å². The standard InChI is InChI=1S/C30H29Cl2N5OS/c1-5-27(38)34-24-11-10-21(14-17(24)2)37-29(28(35-30(37)39)25-8-6-7-13-33-25)22-15-18(3)36(19(22)4)26-12-9-20(31)16-23(26)32/h6-16,28-29H,5H2,1-4H3,(H,34,38)(H,35,39)/t28-,29+/m0/s1. The van der Waals surface area contributed by atoms with Crippen LogP contribution in [0.1, 0.15) is 53.6 Å². The molecule has 39 heavy (non-hydrogen) atoms. The highest BCUT2D eigenvalue weighted by atomic mass is 35.5. The van der Waals surface area contributed by atoms with E-state index in [0.29, 0.717) is 21.6 Å². The van der Waals surface area contributed by atoms with Crippen molar-refractivity contribution in [3.63, 3.8) is 0 Å². The zero-order chi connectivity index (χ0) is 27.8. The predicted molar refractivity (Wildman–Crippen MR) is 163 cm³/mol. The molecule has 2 aromatic carbocycles. The molecule has 4 aromatic rings. The Morgan fingerprint density at radius 1 is 1.08 bits per heavy atom. The van der Waals surface area contributed by atoms with Crippen molar-refractivity contribution in [2.45, 2.75) is 46.2 Å². The van der Waals surface area contributed by atoms with Gasteiger partial charge in [0.05, 0.1) is 28.5 Å². The largest absolute Gasteiger partial charge is 0.351 e. The Morgan fingerprint density at radius 3 is 2.54 bits per heavy atom. The number of hydrogen-bond donors (Lipinski definition) is 2. The van der Waals surface area contributed by atoms with Crippen LogP contribution in [0.4, 0.5) is 11.4 Å². The normalized spacial score (nSPS) is 16.9. The Hall–Kier alpha value is -3.39. The second-order valence-electron chi connectivity index (χ2n) is 9.66. The van der Waals surface area contributed by atoms with Crippen LogP contribution in [0.15, 0.2) is 66.9 Å². The molecular formula is C30H29Cl2N5OS. The van der Waals surface area contributed by atoms with Gasteiger partial charge in [-0.3, -0.25) is 9.78 Å². The molecule has 1 amide bonds. The summed E-state index contributed by atoms with van der Waals surface area (Å²) in [6.45, 7) is 7.99. The van der Waals surface area contributed by atoms with Crippen LogP contribution in [0.3, 0.4) is 0 Å². The van der Waals surface area contributed by atoms with Gasteiger partial charge in [-0.15, -0.1) is 0 Å². The minimum atomic E-state index is -0.187. The lowest BCUT2D eigenvalue weighted by Gasteiger charge is -2.29. The van der Waals surface area contributed by atoms with Gasteiger partial charge in [0.15, 0.2) is 5.11 Å². The first-order chi connectivity index (χ1) is 18.7.